The zero-order valence-corrected chi connectivity index (χ0v) is 7.41. The molecule has 0 N–H and O–H groups in total. The summed E-state index contributed by atoms with van der Waals surface area (Å²) in [6, 6.07) is 0. The molecule has 0 atom stereocenters. The van der Waals surface area contributed by atoms with Crippen molar-refractivity contribution in [2.24, 2.45) is 0 Å². The van der Waals surface area contributed by atoms with Gasteiger partial charge in [0.25, 0.3) is 0 Å². The zero-order valence-electron chi connectivity index (χ0n) is 4.90. The van der Waals surface area contributed by atoms with Crippen LogP contribution in [0.5, 0.6) is 0 Å². The Morgan fingerprint density at radius 1 is 1.00 bits per heavy atom. The fourth-order valence-electron chi connectivity index (χ4n) is 0.202. The van der Waals surface area contributed by atoms with Gasteiger partial charge in [0.1, 0.15) is 0 Å². The van der Waals surface area contributed by atoms with E-state index < -0.39 is 0 Å². The maximum absolute atomic E-state index is 5.31. The van der Waals surface area contributed by atoms with E-state index in [1.165, 1.54) is 0 Å². The van der Waals surface area contributed by atoms with Gasteiger partial charge in [0.05, 0.1) is 13.2 Å². The fraction of sp³-hybridized carbons (Fsp3) is 1.00. The molecule has 0 aliphatic heterocycles. The summed E-state index contributed by atoms with van der Waals surface area (Å²) in [7, 11) is 0.0770. The van der Waals surface area contributed by atoms with E-state index in [-0.39, 0.29) is 9.03 Å². The Morgan fingerprint density at radius 3 is 1.78 bits per heavy atom. The van der Waals surface area contributed by atoms with Crippen LogP contribution in [0.3, 0.4) is 0 Å². The van der Waals surface area contributed by atoms with Crippen molar-refractivity contribution in [3.05, 3.63) is 0 Å². The van der Waals surface area contributed by atoms with Crippen LogP contribution in [0.4, 0.5) is 0 Å². The van der Waals surface area contributed by atoms with Crippen molar-refractivity contribution in [3.63, 3.8) is 0 Å². The molecule has 0 heterocycles. The standard InChI is InChI=1S/C4H9Cl2O2P/c5-1-3-7-9-8-4-2-6/h9H,1-4H2. The summed E-state index contributed by atoms with van der Waals surface area (Å²) >= 11 is 10.6. The molecule has 0 spiro atoms. The number of hydrogen-bond acceptors (Lipinski definition) is 2. The minimum atomic E-state index is 0.0770. The Balaban J connectivity index is 2.60. The van der Waals surface area contributed by atoms with Crippen molar-refractivity contribution < 1.29 is 9.05 Å². The number of halogens is 2. The molecule has 0 radical (unpaired) electrons. The molecule has 0 aliphatic carbocycles. The van der Waals surface area contributed by atoms with Gasteiger partial charge in [0, 0.05) is 11.8 Å². The van der Waals surface area contributed by atoms with Crippen LogP contribution in [0.2, 0.25) is 0 Å². The van der Waals surface area contributed by atoms with Crippen LogP contribution in [0, 0.1) is 0 Å². The van der Waals surface area contributed by atoms with Gasteiger partial charge in [0.15, 0.2) is 9.03 Å². The van der Waals surface area contributed by atoms with Crippen molar-refractivity contribution in [1.29, 1.82) is 0 Å². The summed E-state index contributed by atoms with van der Waals surface area (Å²) in [6.45, 7) is 1.09. The van der Waals surface area contributed by atoms with E-state index in [1.54, 1.807) is 0 Å². The predicted octanol–water partition coefficient (Wildman–Crippen LogP) is 2.01. The van der Waals surface area contributed by atoms with Crippen LogP contribution in [0.25, 0.3) is 0 Å². The van der Waals surface area contributed by atoms with E-state index in [9.17, 15) is 0 Å². The highest BCUT2D eigenvalue weighted by molar-refractivity contribution is 7.26. The Bertz CT molecular complexity index is 49.8. The Morgan fingerprint density at radius 2 is 1.44 bits per heavy atom. The summed E-state index contributed by atoms with van der Waals surface area (Å²) in [5.41, 5.74) is 0. The minimum absolute atomic E-state index is 0.0770. The Kier molecular flexibility index (Phi) is 9.85. The summed E-state index contributed by atoms with van der Waals surface area (Å²) in [5, 5.41) is 0. The molecule has 2 nitrogen and oxygen atoms in total. The molecule has 56 valence electrons. The van der Waals surface area contributed by atoms with Crippen LogP contribution in [-0.2, 0) is 9.05 Å². The van der Waals surface area contributed by atoms with Gasteiger partial charge in [-0.3, -0.25) is 0 Å². The molecular weight excluding hydrogens is 182 g/mol. The largest absolute Gasteiger partial charge is 0.335 e. The molecule has 0 aromatic carbocycles. The number of hydrogen-bond donors (Lipinski definition) is 0. The highest BCUT2D eigenvalue weighted by atomic mass is 35.5. The molecule has 0 bridgehead atoms. The maximum atomic E-state index is 5.31. The quantitative estimate of drug-likeness (QED) is 0.363. The highest BCUT2D eigenvalue weighted by Gasteiger charge is 1.85. The molecule has 0 unspecified atom stereocenters. The van der Waals surface area contributed by atoms with Crippen LogP contribution in [-0.4, -0.2) is 25.0 Å². The Labute approximate surface area is 66.8 Å². The third-order valence-electron chi connectivity index (χ3n) is 0.476. The van der Waals surface area contributed by atoms with E-state index in [0.29, 0.717) is 25.0 Å². The van der Waals surface area contributed by atoms with Crippen molar-refractivity contribution in [3.8, 4) is 0 Å². The van der Waals surface area contributed by atoms with Crippen LogP contribution < -0.4 is 0 Å². The monoisotopic (exact) mass is 190 g/mol. The topological polar surface area (TPSA) is 18.5 Å². The Hall–Kier alpha value is 0.930. The highest BCUT2D eigenvalue weighted by Crippen LogP contribution is 2.12. The van der Waals surface area contributed by atoms with E-state index in [0.717, 1.165) is 0 Å². The lowest BCUT2D eigenvalue weighted by molar-refractivity contribution is 0.290. The summed E-state index contributed by atoms with van der Waals surface area (Å²) < 4.78 is 9.80. The van der Waals surface area contributed by atoms with Gasteiger partial charge in [-0.05, 0) is 0 Å². The van der Waals surface area contributed by atoms with Gasteiger partial charge < -0.3 is 9.05 Å². The van der Waals surface area contributed by atoms with Crippen LogP contribution >= 0.6 is 32.2 Å². The second-order valence-electron chi connectivity index (χ2n) is 1.16. The normalized spacial score (nSPS) is 10.0. The lowest BCUT2D eigenvalue weighted by Crippen LogP contribution is -1.89. The summed E-state index contributed by atoms with van der Waals surface area (Å²) in [5.74, 6) is 1.02. The molecular formula is C4H9Cl2O2P. The second-order valence-corrected chi connectivity index (χ2v) is 2.66. The average molecular weight is 191 g/mol. The molecule has 0 saturated carbocycles. The first kappa shape index (κ1) is 9.93. The summed E-state index contributed by atoms with van der Waals surface area (Å²) in [6.07, 6.45) is 0. The molecule has 0 aliphatic rings. The van der Waals surface area contributed by atoms with Crippen LogP contribution in [0.15, 0.2) is 0 Å². The first-order valence-electron chi connectivity index (χ1n) is 2.52. The molecule has 0 aromatic heterocycles. The molecule has 0 fully saturated rings. The van der Waals surface area contributed by atoms with E-state index in [2.05, 4.69) is 0 Å². The van der Waals surface area contributed by atoms with Gasteiger partial charge in [-0.2, -0.15) is 0 Å². The van der Waals surface area contributed by atoms with Crippen molar-refractivity contribution in [2.45, 2.75) is 0 Å². The second kappa shape index (κ2) is 8.93. The van der Waals surface area contributed by atoms with Crippen molar-refractivity contribution in [1.82, 2.24) is 0 Å². The smallest absolute Gasteiger partial charge is 0.155 e. The average Bonchev–Trinajstić information content (AvgIpc) is 1.89. The van der Waals surface area contributed by atoms with Gasteiger partial charge >= 0.3 is 0 Å². The number of alkyl halides is 2. The maximum Gasteiger partial charge on any atom is 0.155 e. The van der Waals surface area contributed by atoms with Crippen LogP contribution in [0.1, 0.15) is 0 Å². The third kappa shape index (κ3) is 8.93. The molecule has 0 rings (SSSR count). The minimum Gasteiger partial charge on any atom is -0.335 e. The van der Waals surface area contributed by atoms with Gasteiger partial charge in [-0.1, -0.05) is 0 Å². The molecule has 9 heavy (non-hydrogen) atoms. The predicted molar refractivity (Wildman–Crippen MR) is 41.7 cm³/mol. The number of rotatable bonds is 6. The zero-order chi connectivity index (χ0) is 6.95. The third-order valence-corrected chi connectivity index (χ3v) is 1.43. The molecule has 5 heteroatoms. The van der Waals surface area contributed by atoms with Gasteiger partial charge in [-0.25, -0.2) is 0 Å². The lowest BCUT2D eigenvalue weighted by atomic mass is 10.9. The summed E-state index contributed by atoms with van der Waals surface area (Å²) in [4.78, 5) is 0. The van der Waals surface area contributed by atoms with E-state index in [1.807, 2.05) is 0 Å². The molecule has 0 aromatic rings. The SMILES string of the molecule is ClCCOPOCCCl. The van der Waals surface area contributed by atoms with Crippen molar-refractivity contribution in [2.75, 3.05) is 25.0 Å². The van der Waals surface area contributed by atoms with E-state index >= 15 is 0 Å². The first-order chi connectivity index (χ1) is 4.41. The van der Waals surface area contributed by atoms with Crippen molar-refractivity contribution >= 4 is 32.2 Å². The molecule has 0 saturated heterocycles. The molecule has 0 amide bonds. The first-order valence-corrected chi connectivity index (χ1v) is 4.41. The van der Waals surface area contributed by atoms with Gasteiger partial charge in [-0.15, -0.1) is 23.2 Å². The fourth-order valence-corrected chi connectivity index (χ4v) is 1.07. The van der Waals surface area contributed by atoms with E-state index in [4.69, 9.17) is 32.2 Å². The van der Waals surface area contributed by atoms with Gasteiger partial charge in [0.2, 0.25) is 0 Å². The lowest BCUT2D eigenvalue weighted by Gasteiger charge is -1.99.